The Labute approximate surface area is 73.4 Å². The fraction of sp³-hybridized carbons (Fsp3) is 0.800. The smallest absolute Gasteiger partial charge is 0.00363 e. The maximum absolute atomic E-state index is 2.37. The Hall–Kier alpha value is 0.0900. The van der Waals surface area contributed by atoms with Gasteiger partial charge in [-0.3, -0.25) is 0 Å². The highest BCUT2D eigenvalue weighted by Crippen LogP contribution is 2.34. The van der Waals surface area contributed by atoms with Crippen LogP contribution in [0.3, 0.4) is 0 Å². The summed E-state index contributed by atoms with van der Waals surface area (Å²) in [4.78, 5) is 0. The third-order valence-electron chi connectivity index (χ3n) is 2.91. The van der Waals surface area contributed by atoms with Crippen molar-refractivity contribution in [3.8, 4) is 0 Å². The first-order valence-electron chi connectivity index (χ1n) is 4.69. The first kappa shape index (κ1) is 7.72. The number of rotatable bonds is 1. The maximum Gasteiger partial charge on any atom is -0.00363 e. The Morgan fingerprint density at radius 1 is 1.09 bits per heavy atom. The van der Waals surface area contributed by atoms with Gasteiger partial charge in [-0.15, -0.1) is 0 Å². The Morgan fingerprint density at radius 2 is 1.91 bits per heavy atom. The minimum absolute atomic E-state index is 1.02. The minimum atomic E-state index is 1.02. The lowest BCUT2D eigenvalue weighted by Crippen LogP contribution is -2.18. The fourth-order valence-corrected chi connectivity index (χ4v) is 3.44. The average Bonchev–Trinajstić information content (AvgIpc) is 2.58. The molecule has 0 bridgehead atoms. The van der Waals surface area contributed by atoms with Gasteiger partial charge in [-0.2, -0.15) is 11.8 Å². The molecule has 1 aliphatic heterocycles. The van der Waals surface area contributed by atoms with Gasteiger partial charge in [0, 0.05) is 0 Å². The second kappa shape index (κ2) is 3.66. The third kappa shape index (κ3) is 1.81. The molecule has 1 atom stereocenters. The van der Waals surface area contributed by atoms with Crippen molar-refractivity contribution in [1.82, 2.24) is 0 Å². The van der Waals surface area contributed by atoms with E-state index in [0.29, 0.717) is 0 Å². The third-order valence-corrected chi connectivity index (χ3v) is 4.15. The van der Waals surface area contributed by atoms with Crippen LogP contribution in [-0.4, -0.2) is 11.5 Å². The van der Waals surface area contributed by atoms with E-state index in [4.69, 9.17) is 0 Å². The molecule has 0 N–H and O–H groups in total. The maximum atomic E-state index is 2.37. The molecule has 0 aromatic rings. The number of hydrogen-bond donors (Lipinski definition) is 0. The van der Waals surface area contributed by atoms with Gasteiger partial charge in [0.15, 0.2) is 0 Å². The van der Waals surface area contributed by atoms with Gasteiger partial charge in [-0.1, -0.05) is 12.2 Å². The minimum Gasteiger partial charge on any atom is -0.162 e. The zero-order valence-electron chi connectivity index (χ0n) is 6.96. The van der Waals surface area contributed by atoms with Gasteiger partial charge in [0.1, 0.15) is 0 Å². The molecule has 0 nitrogen and oxygen atoms in total. The first-order valence-corrected chi connectivity index (χ1v) is 5.85. The summed E-state index contributed by atoms with van der Waals surface area (Å²) in [5, 5.41) is 0. The summed E-state index contributed by atoms with van der Waals surface area (Å²) in [6.45, 7) is 0. The molecule has 62 valence electrons. The quantitative estimate of drug-likeness (QED) is 0.542. The van der Waals surface area contributed by atoms with Crippen molar-refractivity contribution in [2.75, 3.05) is 11.5 Å². The highest BCUT2D eigenvalue weighted by Gasteiger charge is 2.23. The molecule has 0 aromatic carbocycles. The van der Waals surface area contributed by atoms with Gasteiger partial charge in [-0.05, 0) is 49.0 Å². The lowest BCUT2D eigenvalue weighted by atomic mass is 9.88. The molecular formula is C10H16S. The molecule has 2 rings (SSSR count). The molecule has 0 radical (unpaired) electrons. The highest BCUT2D eigenvalue weighted by atomic mass is 32.2. The van der Waals surface area contributed by atoms with Crippen LogP contribution in [0, 0.1) is 11.8 Å². The highest BCUT2D eigenvalue weighted by molar-refractivity contribution is 7.99. The molecule has 1 aliphatic carbocycles. The van der Waals surface area contributed by atoms with Crippen molar-refractivity contribution in [3.63, 3.8) is 0 Å². The standard InChI is InChI=1S/C10H16S/c1-2-5-9(4-1)10-6-3-7-11-8-10/h1-2,9-10H,3-8H2. The number of allylic oxidation sites excluding steroid dienone is 2. The lowest BCUT2D eigenvalue weighted by molar-refractivity contribution is 0.354. The predicted molar refractivity (Wildman–Crippen MR) is 51.9 cm³/mol. The molecule has 1 unspecified atom stereocenters. The molecular weight excluding hydrogens is 152 g/mol. The summed E-state index contributed by atoms with van der Waals surface area (Å²) >= 11 is 2.16. The lowest BCUT2D eigenvalue weighted by Gasteiger charge is -2.26. The molecule has 1 saturated heterocycles. The van der Waals surface area contributed by atoms with Crippen molar-refractivity contribution in [1.29, 1.82) is 0 Å². The van der Waals surface area contributed by atoms with Gasteiger partial charge >= 0.3 is 0 Å². The summed E-state index contributed by atoms with van der Waals surface area (Å²) in [6, 6.07) is 0. The van der Waals surface area contributed by atoms with Gasteiger partial charge in [0.05, 0.1) is 0 Å². The predicted octanol–water partition coefficient (Wildman–Crippen LogP) is 3.10. The monoisotopic (exact) mass is 168 g/mol. The van der Waals surface area contributed by atoms with Crippen LogP contribution in [-0.2, 0) is 0 Å². The van der Waals surface area contributed by atoms with Crippen LogP contribution in [0.25, 0.3) is 0 Å². The van der Waals surface area contributed by atoms with E-state index in [2.05, 4.69) is 23.9 Å². The van der Waals surface area contributed by atoms with Crippen LogP contribution < -0.4 is 0 Å². The van der Waals surface area contributed by atoms with E-state index in [9.17, 15) is 0 Å². The molecule has 0 aromatic heterocycles. The molecule has 11 heavy (non-hydrogen) atoms. The van der Waals surface area contributed by atoms with E-state index in [1.807, 2.05) is 0 Å². The zero-order valence-corrected chi connectivity index (χ0v) is 7.78. The normalized spacial score (nSPS) is 32.9. The van der Waals surface area contributed by atoms with Crippen molar-refractivity contribution in [2.45, 2.75) is 25.7 Å². The molecule has 0 saturated carbocycles. The summed E-state index contributed by atoms with van der Waals surface area (Å²) < 4.78 is 0. The van der Waals surface area contributed by atoms with Crippen LogP contribution >= 0.6 is 11.8 Å². The first-order chi connectivity index (χ1) is 5.47. The Morgan fingerprint density at radius 3 is 2.55 bits per heavy atom. The number of thioether (sulfide) groups is 1. The van der Waals surface area contributed by atoms with Crippen LogP contribution in [0.2, 0.25) is 0 Å². The van der Waals surface area contributed by atoms with E-state index >= 15 is 0 Å². The van der Waals surface area contributed by atoms with E-state index in [1.54, 1.807) is 0 Å². The average molecular weight is 168 g/mol. The Balaban J connectivity index is 1.83. The van der Waals surface area contributed by atoms with Gasteiger partial charge in [0.2, 0.25) is 0 Å². The van der Waals surface area contributed by atoms with Gasteiger partial charge in [0.25, 0.3) is 0 Å². The molecule has 0 amide bonds. The Kier molecular flexibility index (Phi) is 2.57. The summed E-state index contributed by atoms with van der Waals surface area (Å²) in [5.41, 5.74) is 0. The second-order valence-electron chi connectivity index (χ2n) is 3.68. The zero-order chi connectivity index (χ0) is 7.52. The largest absolute Gasteiger partial charge is 0.162 e. The van der Waals surface area contributed by atoms with Crippen molar-refractivity contribution < 1.29 is 0 Å². The molecule has 1 heterocycles. The number of hydrogen-bond acceptors (Lipinski definition) is 1. The molecule has 0 spiro atoms. The van der Waals surface area contributed by atoms with E-state index < -0.39 is 0 Å². The van der Waals surface area contributed by atoms with Crippen LogP contribution in [0.1, 0.15) is 25.7 Å². The van der Waals surface area contributed by atoms with E-state index in [0.717, 1.165) is 11.8 Å². The topological polar surface area (TPSA) is 0 Å². The fourth-order valence-electron chi connectivity index (χ4n) is 2.16. The summed E-state index contributed by atoms with van der Waals surface area (Å²) in [6.07, 6.45) is 10.4. The molecule has 2 aliphatic rings. The molecule has 1 fully saturated rings. The summed E-state index contributed by atoms with van der Waals surface area (Å²) in [7, 11) is 0. The van der Waals surface area contributed by atoms with E-state index in [1.165, 1.54) is 37.2 Å². The van der Waals surface area contributed by atoms with Gasteiger partial charge < -0.3 is 0 Å². The molecule has 1 heteroatoms. The van der Waals surface area contributed by atoms with E-state index in [-0.39, 0.29) is 0 Å². The van der Waals surface area contributed by atoms with Crippen molar-refractivity contribution in [2.24, 2.45) is 11.8 Å². The van der Waals surface area contributed by atoms with Crippen LogP contribution in [0.4, 0.5) is 0 Å². The van der Waals surface area contributed by atoms with Crippen molar-refractivity contribution >= 4 is 11.8 Å². The van der Waals surface area contributed by atoms with Crippen LogP contribution in [0.5, 0.6) is 0 Å². The SMILES string of the molecule is C1=CCC(C2CCCSC2)C1. The second-order valence-corrected chi connectivity index (χ2v) is 4.83. The van der Waals surface area contributed by atoms with Crippen LogP contribution in [0.15, 0.2) is 12.2 Å². The summed E-state index contributed by atoms with van der Waals surface area (Å²) in [5.74, 6) is 4.91. The van der Waals surface area contributed by atoms with Crippen molar-refractivity contribution in [3.05, 3.63) is 12.2 Å². The van der Waals surface area contributed by atoms with Gasteiger partial charge in [-0.25, -0.2) is 0 Å². The Bertz CT molecular complexity index is 137.